The van der Waals surface area contributed by atoms with Crippen LogP contribution >= 0.6 is 0 Å². The number of ether oxygens (including phenoxy) is 1. The summed E-state index contributed by atoms with van der Waals surface area (Å²) in [5.74, 6) is 0. The second-order valence-electron chi connectivity index (χ2n) is 3.82. The Morgan fingerprint density at radius 3 is 2.42 bits per heavy atom. The molecule has 4 nitrogen and oxygen atoms in total. The van der Waals surface area contributed by atoms with E-state index in [0.717, 1.165) is 0 Å². The highest BCUT2D eigenvalue weighted by Gasteiger charge is 2.20. The highest BCUT2D eigenvalue weighted by Crippen LogP contribution is 2.21. The third-order valence-corrected chi connectivity index (χ3v) is 1.20. The maximum absolute atomic E-state index is 10.3. The Morgan fingerprint density at radius 1 is 1.67 bits per heavy atom. The van der Waals surface area contributed by atoms with Gasteiger partial charge in [-0.2, -0.15) is 5.26 Å². The highest BCUT2D eigenvalue weighted by molar-refractivity contribution is 5.65. The molecule has 12 heavy (non-hydrogen) atoms. The molecule has 0 aliphatic heterocycles. The lowest BCUT2D eigenvalue weighted by atomic mass is 9.89. The summed E-state index contributed by atoms with van der Waals surface area (Å²) < 4.78 is 4.55. The van der Waals surface area contributed by atoms with Crippen LogP contribution in [0.3, 0.4) is 0 Å². The molecule has 0 saturated carbocycles. The van der Waals surface area contributed by atoms with E-state index in [-0.39, 0.29) is 5.41 Å². The first-order valence-electron chi connectivity index (χ1n) is 3.71. The van der Waals surface area contributed by atoms with Crippen molar-refractivity contribution in [3.8, 4) is 6.07 Å². The minimum atomic E-state index is -0.897. The fraction of sp³-hybridized carbons (Fsp3) is 0.750. The SMILES string of the molecule is CC(C)(C)C[C@@H](C#N)OC(N)=O. The molecule has 0 heterocycles. The summed E-state index contributed by atoms with van der Waals surface area (Å²) in [5.41, 5.74) is 4.73. The molecule has 0 spiro atoms. The van der Waals surface area contributed by atoms with Crippen molar-refractivity contribution >= 4 is 6.09 Å². The van der Waals surface area contributed by atoms with E-state index >= 15 is 0 Å². The summed E-state index contributed by atoms with van der Waals surface area (Å²) in [7, 11) is 0. The number of nitrogens with zero attached hydrogens (tertiary/aromatic N) is 1. The fourth-order valence-electron chi connectivity index (χ4n) is 0.810. The molecule has 0 bridgehead atoms. The largest absolute Gasteiger partial charge is 0.431 e. The van der Waals surface area contributed by atoms with Gasteiger partial charge in [0.15, 0.2) is 6.10 Å². The molecule has 0 radical (unpaired) electrons. The van der Waals surface area contributed by atoms with E-state index in [2.05, 4.69) is 4.74 Å². The minimum absolute atomic E-state index is 0.0458. The van der Waals surface area contributed by atoms with Gasteiger partial charge < -0.3 is 10.5 Å². The molecule has 0 fully saturated rings. The molecule has 0 aliphatic carbocycles. The number of carbonyl (C=O) groups excluding carboxylic acids is 1. The van der Waals surface area contributed by atoms with E-state index in [1.165, 1.54) is 0 Å². The molecule has 2 N–H and O–H groups in total. The van der Waals surface area contributed by atoms with Crippen molar-refractivity contribution in [1.82, 2.24) is 0 Å². The smallest absolute Gasteiger partial charge is 0.405 e. The molecule has 0 aliphatic rings. The number of hydrogen-bond acceptors (Lipinski definition) is 3. The molecule has 0 aromatic heterocycles. The zero-order valence-electron chi connectivity index (χ0n) is 7.63. The molecular weight excluding hydrogens is 156 g/mol. The number of amides is 1. The van der Waals surface area contributed by atoms with Gasteiger partial charge in [0.05, 0.1) is 0 Å². The van der Waals surface area contributed by atoms with Crippen molar-refractivity contribution in [1.29, 1.82) is 5.26 Å². The lowest BCUT2D eigenvalue weighted by Crippen LogP contribution is -2.25. The van der Waals surface area contributed by atoms with Crippen LogP contribution in [0.15, 0.2) is 0 Å². The van der Waals surface area contributed by atoms with E-state index in [1.807, 2.05) is 26.8 Å². The molecule has 0 aromatic rings. The van der Waals surface area contributed by atoms with E-state index in [4.69, 9.17) is 11.0 Å². The van der Waals surface area contributed by atoms with Gasteiger partial charge >= 0.3 is 6.09 Å². The fourth-order valence-corrected chi connectivity index (χ4v) is 0.810. The van der Waals surface area contributed by atoms with Crippen molar-refractivity contribution in [2.24, 2.45) is 11.1 Å². The normalized spacial score (nSPS) is 13.2. The lowest BCUT2D eigenvalue weighted by molar-refractivity contribution is 0.109. The quantitative estimate of drug-likeness (QED) is 0.680. The van der Waals surface area contributed by atoms with E-state index in [9.17, 15) is 4.79 Å². The number of rotatable bonds is 2. The molecule has 0 unspecified atom stereocenters. The molecule has 0 aromatic carbocycles. The summed E-state index contributed by atoms with van der Waals surface area (Å²) >= 11 is 0. The first-order chi connectivity index (χ1) is 5.35. The van der Waals surface area contributed by atoms with Crippen LogP contribution in [0, 0.1) is 16.7 Å². The average molecular weight is 170 g/mol. The number of carbonyl (C=O) groups is 1. The van der Waals surface area contributed by atoms with E-state index < -0.39 is 12.2 Å². The van der Waals surface area contributed by atoms with Gasteiger partial charge in [-0.25, -0.2) is 4.79 Å². The third-order valence-electron chi connectivity index (χ3n) is 1.20. The minimum Gasteiger partial charge on any atom is -0.431 e. The van der Waals surface area contributed by atoms with Gasteiger partial charge in [0.1, 0.15) is 6.07 Å². The Balaban J connectivity index is 4.03. The summed E-state index contributed by atoms with van der Waals surface area (Å²) in [6, 6.07) is 1.87. The maximum Gasteiger partial charge on any atom is 0.405 e. The zero-order chi connectivity index (χ0) is 9.78. The molecule has 1 amide bonds. The molecule has 68 valence electrons. The van der Waals surface area contributed by atoms with Crippen molar-refractivity contribution in [3.05, 3.63) is 0 Å². The molecule has 0 rings (SSSR count). The van der Waals surface area contributed by atoms with Gasteiger partial charge in [0.2, 0.25) is 0 Å². The summed E-state index contributed by atoms with van der Waals surface area (Å²) in [5, 5.41) is 8.56. The maximum atomic E-state index is 10.3. The predicted molar refractivity (Wildman–Crippen MR) is 44.1 cm³/mol. The van der Waals surface area contributed by atoms with Crippen LogP contribution in [-0.4, -0.2) is 12.2 Å². The second-order valence-corrected chi connectivity index (χ2v) is 3.82. The Labute approximate surface area is 72.3 Å². The first kappa shape index (κ1) is 10.8. The number of primary amides is 1. The predicted octanol–water partition coefficient (Wildman–Crippen LogP) is 1.41. The van der Waals surface area contributed by atoms with Gasteiger partial charge in [-0.15, -0.1) is 0 Å². The number of hydrogen-bond donors (Lipinski definition) is 1. The molecule has 1 atom stereocenters. The third kappa shape index (κ3) is 5.54. The van der Waals surface area contributed by atoms with Crippen LogP contribution in [0.2, 0.25) is 0 Å². The summed E-state index contributed by atoms with van der Waals surface area (Å²) in [6.45, 7) is 5.88. The van der Waals surface area contributed by atoms with Gasteiger partial charge in [0, 0.05) is 6.42 Å². The van der Waals surface area contributed by atoms with Gasteiger partial charge in [0.25, 0.3) is 0 Å². The molecule has 0 saturated heterocycles. The Morgan fingerprint density at radius 2 is 2.17 bits per heavy atom. The average Bonchev–Trinajstić information content (AvgIpc) is 1.82. The Hall–Kier alpha value is -1.24. The van der Waals surface area contributed by atoms with Crippen LogP contribution in [0.25, 0.3) is 0 Å². The van der Waals surface area contributed by atoms with Crippen LogP contribution in [0.1, 0.15) is 27.2 Å². The monoisotopic (exact) mass is 170 g/mol. The highest BCUT2D eigenvalue weighted by atomic mass is 16.6. The van der Waals surface area contributed by atoms with Crippen molar-refractivity contribution in [2.75, 3.05) is 0 Å². The van der Waals surface area contributed by atoms with Crippen molar-refractivity contribution < 1.29 is 9.53 Å². The molecular formula is C8H14N2O2. The Bertz CT molecular complexity index is 200. The molecule has 4 heteroatoms. The van der Waals surface area contributed by atoms with Crippen LogP contribution in [0.4, 0.5) is 4.79 Å². The summed E-state index contributed by atoms with van der Waals surface area (Å²) in [6.07, 6.45) is -1.14. The van der Waals surface area contributed by atoms with Gasteiger partial charge in [-0.1, -0.05) is 20.8 Å². The van der Waals surface area contributed by atoms with Crippen LogP contribution in [0.5, 0.6) is 0 Å². The van der Waals surface area contributed by atoms with E-state index in [1.54, 1.807) is 0 Å². The number of nitriles is 1. The van der Waals surface area contributed by atoms with Crippen LogP contribution in [-0.2, 0) is 4.74 Å². The van der Waals surface area contributed by atoms with Gasteiger partial charge in [-0.3, -0.25) is 0 Å². The summed E-state index contributed by atoms with van der Waals surface area (Å²) in [4.78, 5) is 10.3. The van der Waals surface area contributed by atoms with Crippen LogP contribution < -0.4 is 5.73 Å². The van der Waals surface area contributed by atoms with Crippen molar-refractivity contribution in [2.45, 2.75) is 33.3 Å². The van der Waals surface area contributed by atoms with E-state index in [0.29, 0.717) is 6.42 Å². The standard InChI is InChI=1S/C8H14N2O2/c1-8(2,3)4-6(5-9)12-7(10)11/h6H,4H2,1-3H3,(H2,10,11)/t6-/m0/s1. The Kier molecular flexibility index (Phi) is 3.55. The van der Waals surface area contributed by atoms with Crippen molar-refractivity contribution in [3.63, 3.8) is 0 Å². The first-order valence-corrected chi connectivity index (χ1v) is 3.71. The number of nitrogens with two attached hydrogens (primary N) is 1. The van der Waals surface area contributed by atoms with Gasteiger partial charge in [-0.05, 0) is 5.41 Å². The second kappa shape index (κ2) is 3.96. The topological polar surface area (TPSA) is 76.1 Å². The lowest BCUT2D eigenvalue weighted by Gasteiger charge is -2.20. The zero-order valence-corrected chi connectivity index (χ0v) is 7.63.